The fourth-order valence-corrected chi connectivity index (χ4v) is 2.11. The van der Waals surface area contributed by atoms with Crippen LogP contribution >= 0.6 is 23.2 Å². The first-order valence-corrected chi connectivity index (χ1v) is 7.15. The molecule has 3 nitrogen and oxygen atoms in total. The van der Waals surface area contributed by atoms with Gasteiger partial charge in [-0.15, -0.1) is 0 Å². The third-order valence-corrected chi connectivity index (χ3v) is 3.22. The highest BCUT2D eigenvalue weighted by Crippen LogP contribution is 2.27. The fraction of sp³-hybridized carbons (Fsp3) is 0.188. The van der Waals surface area contributed by atoms with Crippen molar-refractivity contribution in [3.8, 4) is 17.6 Å². The molecule has 2 aromatic rings. The number of nitrogens with zero attached hydrogens (tertiary/aromatic N) is 1. The van der Waals surface area contributed by atoms with E-state index in [1.807, 2.05) is 0 Å². The van der Waals surface area contributed by atoms with Gasteiger partial charge in [0.15, 0.2) is 0 Å². The van der Waals surface area contributed by atoms with Crippen LogP contribution in [0.5, 0.6) is 11.5 Å². The van der Waals surface area contributed by atoms with Crippen molar-refractivity contribution in [1.82, 2.24) is 0 Å². The van der Waals surface area contributed by atoms with Gasteiger partial charge in [-0.1, -0.05) is 23.2 Å². The van der Waals surface area contributed by atoms with Crippen molar-refractivity contribution in [2.24, 2.45) is 0 Å². The first-order chi connectivity index (χ1) is 10.2. The molecule has 0 aromatic heterocycles. The average molecular weight is 322 g/mol. The maximum atomic E-state index is 8.70. The van der Waals surface area contributed by atoms with Gasteiger partial charge in [-0.2, -0.15) is 5.26 Å². The highest BCUT2D eigenvalue weighted by atomic mass is 35.5. The molecule has 108 valence electrons. The maximum absolute atomic E-state index is 8.70. The quantitative estimate of drug-likeness (QED) is 0.723. The average Bonchev–Trinajstić information content (AvgIpc) is 2.49. The minimum absolute atomic E-state index is 0.496. The molecule has 0 amide bonds. The Morgan fingerprint density at radius 1 is 0.952 bits per heavy atom. The SMILES string of the molecule is N#Cc1ccc(OCCCOc2ccc(Cl)cc2Cl)cc1. The Balaban J connectivity index is 1.71. The van der Waals surface area contributed by atoms with Gasteiger partial charge in [0.2, 0.25) is 0 Å². The van der Waals surface area contributed by atoms with Crippen LogP contribution in [-0.2, 0) is 0 Å². The van der Waals surface area contributed by atoms with Gasteiger partial charge in [0.1, 0.15) is 11.5 Å². The number of ether oxygens (including phenoxy) is 2. The summed E-state index contributed by atoms with van der Waals surface area (Å²) in [5, 5.41) is 9.77. The van der Waals surface area contributed by atoms with Crippen molar-refractivity contribution < 1.29 is 9.47 Å². The van der Waals surface area contributed by atoms with Gasteiger partial charge in [-0.05, 0) is 42.5 Å². The summed E-state index contributed by atoms with van der Waals surface area (Å²) in [4.78, 5) is 0. The largest absolute Gasteiger partial charge is 0.493 e. The summed E-state index contributed by atoms with van der Waals surface area (Å²) < 4.78 is 11.1. The van der Waals surface area contributed by atoms with Crippen LogP contribution in [-0.4, -0.2) is 13.2 Å². The van der Waals surface area contributed by atoms with Crippen molar-refractivity contribution >= 4 is 23.2 Å². The van der Waals surface area contributed by atoms with Crippen molar-refractivity contribution in [2.45, 2.75) is 6.42 Å². The van der Waals surface area contributed by atoms with Crippen LogP contribution in [0.15, 0.2) is 42.5 Å². The van der Waals surface area contributed by atoms with Crippen molar-refractivity contribution in [3.05, 3.63) is 58.1 Å². The summed E-state index contributed by atoms with van der Waals surface area (Å²) in [5.74, 6) is 1.35. The topological polar surface area (TPSA) is 42.2 Å². The van der Waals surface area contributed by atoms with Gasteiger partial charge in [-0.3, -0.25) is 0 Å². The molecule has 0 aliphatic heterocycles. The van der Waals surface area contributed by atoms with Crippen LogP contribution in [0.4, 0.5) is 0 Å². The molecule has 0 atom stereocenters. The molecule has 0 saturated carbocycles. The molecular formula is C16H13Cl2NO2. The second kappa shape index (κ2) is 7.78. The smallest absolute Gasteiger partial charge is 0.137 e. The van der Waals surface area contributed by atoms with Crippen molar-refractivity contribution in [2.75, 3.05) is 13.2 Å². The highest BCUT2D eigenvalue weighted by molar-refractivity contribution is 6.35. The zero-order valence-corrected chi connectivity index (χ0v) is 12.7. The Labute approximate surface area is 133 Å². The second-order valence-electron chi connectivity index (χ2n) is 4.26. The summed E-state index contributed by atoms with van der Waals surface area (Å²) in [5.41, 5.74) is 0.614. The Bertz CT molecular complexity index is 636. The molecule has 5 heteroatoms. The Kier molecular flexibility index (Phi) is 5.74. The first-order valence-electron chi connectivity index (χ1n) is 6.40. The number of hydrogen-bond acceptors (Lipinski definition) is 3. The predicted molar refractivity (Wildman–Crippen MR) is 83.2 cm³/mol. The number of rotatable bonds is 6. The molecule has 0 radical (unpaired) electrons. The number of nitriles is 1. The summed E-state index contributed by atoms with van der Waals surface area (Å²) in [6.45, 7) is 1.02. The molecule has 2 rings (SSSR count). The highest BCUT2D eigenvalue weighted by Gasteiger charge is 2.02. The lowest BCUT2D eigenvalue weighted by Gasteiger charge is -2.09. The minimum atomic E-state index is 0.496. The van der Waals surface area contributed by atoms with Crippen LogP contribution in [0.1, 0.15) is 12.0 Å². The fourth-order valence-electron chi connectivity index (χ4n) is 1.65. The van der Waals surface area contributed by atoms with Crippen LogP contribution < -0.4 is 9.47 Å². The molecule has 0 bridgehead atoms. The molecule has 0 N–H and O–H groups in total. The molecule has 0 aliphatic carbocycles. The van der Waals surface area contributed by atoms with Gasteiger partial charge in [0.05, 0.1) is 29.9 Å². The molecule has 0 fully saturated rings. The number of benzene rings is 2. The van der Waals surface area contributed by atoms with E-state index in [0.29, 0.717) is 34.6 Å². The van der Waals surface area contributed by atoms with E-state index in [-0.39, 0.29) is 0 Å². The lowest BCUT2D eigenvalue weighted by molar-refractivity contribution is 0.247. The van der Waals surface area contributed by atoms with Crippen LogP contribution in [0.25, 0.3) is 0 Å². The maximum Gasteiger partial charge on any atom is 0.137 e. The Morgan fingerprint density at radius 3 is 2.33 bits per heavy atom. The van der Waals surface area contributed by atoms with Crippen molar-refractivity contribution in [1.29, 1.82) is 5.26 Å². The lowest BCUT2D eigenvalue weighted by Crippen LogP contribution is -2.05. The van der Waals surface area contributed by atoms with E-state index < -0.39 is 0 Å². The normalized spacial score (nSPS) is 9.95. The van der Waals surface area contributed by atoms with E-state index in [1.54, 1.807) is 42.5 Å². The summed E-state index contributed by atoms with van der Waals surface area (Å²) in [6.07, 6.45) is 0.721. The second-order valence-corrected chi connectivity index (χ2v) is 5.11. The van der Waals surface area contributed by atoms with Gasteiger partial charge >= 0.3 is 0 Å². The van der Waals surface area contributed by atoms with Gasteiger partial charge in [0, 0.05) is 11.4 Å². The third-order valence-electron chi connectivity index (χ3n) is 2.69. The van der Waals surface area contributed by atoms with Gasteiger partial charge in [-0.25, -0.2) is 0 Å². The van der Waals surface area contributed by atoms with Crippen LogP contribution in [0, 0.1) is 11.3 Å². The standard InChI is InChI=1S/C16H13Cl2NO2/c17-13-4-7-16(15(18)10-13)21-9-1-8-20-14-5-2-12(11-19)3-6-14/h2-7,10H,1,8-9H2. The van der Waals surface area contributed by atoms with E-state index in [2.05, 4.69) is 6.07 Å². The minimum Gasteiger partial charge on any atom is -0.493 e. The van der Waals surface area contributed by atoms with E-state index in [1.165, 1.54) is 0 Å². The summed E-state index contributed by atoms with van der Waals surface area (Å²) in [6, 6.07) is 14.2. The van der Waals surface area contributed by atoms with E-state index in [4.69, 9.17) is 37.9 Å². The predicted octanol–water partition coefficient (Wildman–Crippen LogP) is 4.71. The molecule has 0 saturated heterocycles. The summed E-state index contributed by atoms with van der Waals surface area (Å²) in [7, 11) is 0. The summed E-state index contributed by atoms with van der Waals surface area (Å²) >= 11 is 11.8. The zero-order chi connectivity index (χ0) is 15.1. The van der Waals surface area contributed by atoms with Crippen LogP contribution in [0.2, 0.25) is 10.0 Å². The zero-order valence-electron chi connectivity index (χ0n) is 11.2. The Hall–Kier alpha value is -1.89. The molecule has 0 unspecified atom stereocenters. The Morgan fingerprint density at radius 2 is 1.67 bits per heavy atom. The van der Waals surface area contributed by atoms with Gasteiger partial charge in [0.25, 0.3) is 0 Å². The van der Waals surface area contributed by atoms with Crippen LogP contribution in [0.3, 0.4) is 0 Å². The van der Waals surface area contributed by atoms with E-state index >= 15 is 0 Å². The first kappa shape index (κ1) is 15.5. The third kappa shape index (κ3) is 4.86. The molecule has 21 heavy (non-hydrogen) atoms. The molecule has 0 spiro atoms. The monoisotopic (exact) mass is 321 g/mol. The van der Waals surface area contributed by atoms with Crippen molar-refractivity contribution in [3.63, 3.8) is 0 Å². The molecular weight excluding hydrogens is 309 g/mol. The molecule has 0 aliphatic rings. The van der Waals surface area contributed by atoms with E-state index in [0.717, 1.165) is 12.2 Å². The van der Waals surface area contributed by atoms with Gasteiger partial charge < -0.3 is 9.47 Å². The molecule has 0 heterocycles. The van der Waals surface area contributed by atoms with E-state index in [9.17, 15) is 0 Å². The number of hydrogen-bond donors (Lipinski definition) is 0. The lowest BCUT2D eigenvalue weighted by atomic mass is 10.2. The molecule has 2 aromatic carbocycles. The number of halogens is 2.